The van der Waals surface area contributed by atoms with Gasteiger partial charge in [0.2, 0.25) is 0 Å². The van der Waals surface area contributed by atoms with E-state index in [2.05, 4.69) is 15.6 Å². The Morgan fingerprint density at radius 1 is 0.895 bits per heavy atom. The molecular formula is C29H21Cl2N3O3S. The third kappa shape index (κ3) is 7.55. The zero-order chi connectivity index (χ0) is 26.9. The van der Waals surface area contributed by atoms with Gasteiger partial charge in [-0.05, 0) is 66.2 Å². The van der Waals surface area contributed by atoms with Gasteiger partial charge in [0.1, 0.15) is 5.70 Å². The van der Waals surface area contributed by atoms with Crippen LogP contribution >= 0.6 is 35.0 Å². The summed E-state index contributed by atoms with van der Waals surface area (Å²) in [6.07, 6.45) is 4.76. The molecule has 1 heterocycles. The first kappa shape index (κ1) is 27.1. The van der Waals surface area contributed by atoms with E-state index < -0.39 is 11.8 Å². The highest BCUT2D eigenvalue weighted by molar-refractivity contribution is 8.00. The average Bonchev–Trinajstić information content (AvgIpc) is 2.92. The van der Waals surface area contributed by atoms with E-state index in [0.717, 1.165) is 4.90 Å². The molecule has 0 aliphatic heterocycles. The maximum Gasteiger partial charge on any atom is 0.272 e. The van der Waals surface area contributed by atoms with Crippen molar-refractivity contribution in [1.82, 2.24) is 10.3 Å². The number of Topliss-reactive ketones (excluding diaryl/α,β-unsaturated/α-hetero) is 1. The third-order valence-corrected chi connectivity index (χ3v) is 6.76. The molecule has 1 aromatic heterocycles. The lowest BCUT2D eigenvalue weighted by Gasteiger charge is -2.12. The smallest absolute Gasteiger partial charge is 0.272 e. The fraction of sp³-hybridized carbons (Fsp3) is 0.0345. The molecule has 0 aliphatic carbocycles. The van der Waals surface area contributed by atoms with E-state index in [0.29, 0.717) is 32.4 Å². The number of carbonyl (C=O) groups is 3. The van der Waals surface area contributed by atoms with Gasteiger partial charge in [-0.2, -0.15) is 0 Å². The molecule has 0 radical (unpaired) electrons. The van der Waals surface area contributed by atoms with Crippen molar-refractivity contribution < 1.29 is 14.4 Å². The van der Waals surface area contributed by atoms with Crippen molar-refractivity contribution in [1.29, 1.82) is 0 Å². The van der Waals surface area contributed by atoms with E-state index in [1.807, 2.05) is 6.07 Å². The molecule has 38 heavy (non-hydrogen) atoms. The second-order valence-electron chi connectivity index (χ2n) is 7.98. The Hall–Kier alpha value is -3.91. The Balaban J connectivity index is 1.47. The van der Waals surface area contributed by atoms with Crippen LogP contribution in [0.3, 0.4) is 0 Å². The average molecular weight is 562 g/mol. The lowest BCUT2D eigenvalue weighted by molar-refractivity contribution is -0.113. The van der Waals surface area contributed by atoms with Crippen LogP contribution in [0.5, 0.6) is 0 Å². The second kappa shape index (κ2) is 13.1. The number of nitrogens with zero attached hydrogens (tertiary/aromatic N) is 1. The number of hydrogen-bond donors (Lipinski definition) is 2. The number of ketones is 1. The highest BCUT2D eigenvalue weighted by Gasteiger charge is 2.16. The van der Waals surface area contributed by atoms with Crippen LogP contribution in [0.2, 0.25) is 10.0 Å². The molecule has 0 saturated carbocycles. The molecule has 0 aliphatic rings. The summed E-state index contributed by atoms with van der Waals surface area (Å²) in [7, 11) is 0. The summed E-state index contributed by atoms with van der Waals surface area (Å²) in [6, 6.07) is 24.0. The Labute approximate surface area is 234 Å². The lowest BCUT2D eigenvalue weighted by Crippen LogP contribution is -2.30. The van der Waals surface area contributed by atoms with Crippen LogP contribution in [0.1, 0.15) is 26.3 Å². The maximum absolute atomic E-state index is 13.2. The van der Waals surface area contributed by atoms with Crippen LogP contribution in [-0.2, 0) is 4.79 Å². The van der Waals surface area contributed by atoms with Crippen molar-refractivity contribution in [3.63, 3.8) is 0 Å². The molecule has 9 heteroatoms. The van der Waals surface area contributed by atoms with Gasteiger partial charge in [-0.15, -0.1) is 11.8 Å². The van der Waals surface area contributed by atoms with Gasteiger partial charge in [-0.25, -0.2) is 0 Å². The summed E-state index contributed by atoms with van der Waals surface area (Å²) < 4.78 is 0. The van der Waals surface area contributed by atoms with E-state index in [9.17, 15) is 14.4 Å². The predicted molar refractivity (Wildman–Crippen MR) is 153 cm³/mol. The highest BCUT2D eigenvalue weighted by Crippen LogP contribution is 2.26. The topological polar surface area (TPSA) is 88.2 Å². The van der Waals surface area contributed by atoms with Gasteiger partial charge in [-0.1, -0.05) is 53.5 Å². The molecule has 6 nitrogen and oxygen atoms in total. The van der Waals surface area contributed by atoms with E-state index in [4.69, 9.17) is 23.2 Å². The van der Waals surface area contributed by atoms with Gasteiger partial charge in [0.05, 0.1) is 10.8 Å². The summed E-state index contributed by atoms with van der Waals surface area (Å²) in [5.74, 6) is -0.918. The lowest BCUT2D eigenvalue weighted by atomic mass is 10.1. The molecule has 0 bridgehead atoms. The number of nitrogens with one attached hydrogen (secondary N) is 2. The van der Waals surface area contributed by atoms with Crippen LogP contribution in [0.4, 0.5) is 5.69 Å². The Kier molecular flexibility index (Phi) is 9.32. The van der Waals surface area contributed by atoms with E-state index in [-0.39, 0.29) is 17.2 Å². The van der Waals surface area contributed by atoms with Gasteiger partial charge in [0.15, 0.2) is 5.78 Å². The molecular weight excluding hydrogens is 541 g/mol. The summed E-state index contributed by atoms with van der Waals surface area (Å²) in [5, 5.41) is 6.27. The minimum absolute atomic E-state index is 0.0532. The van der Waals surface area contributed by atoms with Crippen LogP contribution < -0.4 is 10.6 Å². The SMILES string of the molecule is O=C(Nc1cccc(SCC(=O)c2ccc(Cl)cc2Cl)c1)/C(=C/c1cccnc1)NC(=O)c1ccccc1. The van der Waals surface area contributed by atoms with E-state index >= 15 is 0 Å². The molecule has 0 spiro atoms. The minimum atomic E-state index is -0.510. The van der Waals surface area contributed by atoms with Gasteiger partial charge in [0, 0.05) is 39.1 Å². The summed E-state index contributed by atoms with van der Waals surface area (Å²) in [5.41, 5.74) is 2.02. The first-order valence-electron chi connectivity index (χ1n) is 11.4. The highest BCUT2D eigenvalue weighted by atomic mass is 35.5. The fourth-order valence-electron chi connectivity index (χ4n) is 3.37. The number of aromatic nitrogens is 1. The summed E-state index contributed by atoms with van der Waals surface area (Å²) in [6.45, 7) is 0. The first-order chi connectivity index (χ1) is 18.4. The quantitative estimate of drug-likeness (QED) is 0.134. The van der Waals surface area contributed by atoms with Crippen LogP contribution in [-0.4, -0.2) is 28.3 Å². The molecule has 0 saturated heterocycles. The Morgan fingerprint density at radius 3 is 2.45 bits per heavy atom. The zero-order valence-corrected chi connectivity index (χ0v) is 22.2. The number of amides is 2. The van der Waals surface area contributed by atoms with E-state index in [1.165, 1.54) is 17.8 Å². The number of hydrogen-bond acceptors (Lipinski definition) is 5. The Bertz CT molecular complexity index is 1500. The summed E-state index contributed by atoms with van der Waals surface area (Å²) in [4.78, 5) is 43.4. The molecule has 2 amide bonds. The second-order valence-corrected chi connectivity index (χ2v) is 9.87. The van der Waals surface area contributed by atoms with Crippen LogP contribution in [0.15, 0.2) is 108 Å². The van der Waals surface area contributed by atoms with Gasteiger partial charge < -0.3 is 10.6 Å². The fourth-order valence-corrected chi connectivity index (χ4v) is 4.73. The summed E-state index contributed by atoms with van der Waals surface area (Å²) >= 11 is 13.4. The number of halogens is 2. The van der Waals surface area contributed by atoms with Crippen molar-refractivity contribution >= 4 is 64.3 Å². The third-order valence-electron chi connectivity index (χ3n) is 5.22. The number of rotatable bonds is 9. The van der Waals surface area contributed by atoms with Gasteiger partial charge >= 0.3 is 0 Å². The molecule has 4 aromatic rings. The van der Waals surface area contributed by atoms with Crippen molar-refractivity contribution in [2.45, 2.75) is 4.90 Å². The molecule has 4 rings (SSSR count). The monoisotopic (exact) mass is 561 g/mol. The normalized spacial score (nSPS) is 11.1. The number of carbonyl (C=O) groups excluding carboxylic acids is 3. The van der Waals surface area contributed by atoms with Crippen LogP contribution in [0.25, 0.3) is 6.08 Å². The molecule has 0 atom stereocenters. The Morgan fingerprint density at radius 2 is 1.71 bits per heavy atom. The zero-order valence-electron chi connectivity index (χ0n) is 19.9. The number of anilines is 1. The van der Waals surface area contributed by atoms with Crippen molar-refractivity contribution in [3.05, 3.63) is 130 Å². The van der Waals surface area contributed by atoms with Crippen molar-refractivity contribution in [2.24, 2.45) is 0 Å². The van der Waals surface area contributed by atoms with Gasteiger partial charge in [-0.3, -0.25) is 19.4 Å². The number of benzene rings is 3. The largest absolute Gasteiger partial charge is 0.321 e. The number of thioether (sulfide) groups is 1. The number of pyridine rings is 1. The first-order valence-corrected chi connectivity index (χ1v) is 13.1. The van der Waals surface area contributed by atoms with Crippen molar-refractivity contribution in [3.8, 4) is 0 Å². The standard InChI is InChI=1S/C29H21Cl2N3O3S/c30-21-11-12-24(25(31)15-21)27(35)18-38-23-10-4-9-22(16-23)33-29(37)26(14-19-6-5-13-32-17-19)34-28(36)20-7-2-1-3-8-20/h1-17H,18H2,(H,33,37)(H,34,36)/b26-14-. The molecule has 0 unspecified atom stereocenters. The molecule has 3 aromatic carbocycles. The van der Waals surface area contributed by atoms with Crippen molar-refractivity contribution in [2.75, 3.05) is 11.1 Å². The minimum Gasteiger partial charge on any atom is -0.321 e. The predicted octanol–water partition coefficient (Wildman–Crippen LogP) is 6.77. The van der Waals surface area contributed by atoms with Crippen LogP contribution in [0, 0.1) is 0 Å². The maximum atomic E-state index is 13.2. The molecule has 0 fully saturated rings. The van der Waals surface area contributed by atoms with E-state index in [1.54, 1.807) is 91.3 Å². The van der Waals surface area contributed by atoms with Gasteiger partial charge in [0.25, 0.3) is 11.8 Å². The molecule has 190 valence electrons. The molecule has 2 N–H and O–H groups in total.